The van der Waals surface area contributed by atoms with Gasteiger partial charge in [-0.1, -0.05) is 0 Å². The Kier molecular flexibility index (Phi) is 2.27. The molecule has 3 heteroatoms. The SMILES string of the molecule is N#CCC1(O)CCN2CCCC2C1. The van der Waals surface area contributed by atoms with Gasteiger partial charge in [0.2, 0.25) is 0 Å². The first-order valence-corrected chi connectivity index (χ1v) is 5.07. The van der Waals surface area contributed by atoms with Gasteiger partial charge in [0.05, 0.1) is 18.1 Å². The van der Waals surface area contributed by atoms with Gasteiger partial charge in [-0.2, -0.15) is 5.26 Å². The van der Waals surface area contributed by atoms with Crippen LogP contribution >= 0.6 is 0 Å². The van der Waals surface area contributed by atoms with Gasteiger partial charge in [0.25, 0.3) is 0 Å². The average molecular weight is 180 g/mol. The monoisotopic (exact) mass is 180 g/mol. The molecule has 1 N–H and O–H groups in total. The number of rotatable bonds is 1. The van der Waals surface area contributed by atoms with Gasteiger partial charge in [-0.25, -0.2) is 0 Å². The minimum atomic E-state index is -0.680. The molecule has 3 nitrogen and oxygen atoms in total. The molecular formula is C10H16N2O. The summed E-state index contributed by atoms with van der Waals surface area (Å²) in [5.41, 5.74) is -0.680. The molecule has 0 bridgehead atoms. The molecule has 72 valence electrons. The molecule has 0 radical (unpaired) electrons. The van der Waals surface area contributed by atoms with Crippen LogP contribution in [0.2, 0.25) is 0 Å². The van der Waals surface area contributed by atoms with Gasteiger partial charge in [-0.15, -0.1) is 0 Å². The molecule has 2 aliphatic rings. The topological polar surface area (TPSA) is 47.3 Å². The Balaban J connectivity index is 2.00. The third-order valence-electron chi connectivity index (χ3n) is 3.39. The first-order chi connectivity index (χ1) is 6.23. The van der Waals surface area contributed by atoms with E-state index in [-0.39, 0.29) is 0 Å². The van der Waals surface area contributed by atoms with Crippen LogP contribution in [0.15, 0.2) is 0 Å². The summed E-state index contributed by atoms with van der Waals surface area (Å²) in [7, 11) is 0. The van der Waals surface area contributed by atoms with Crippen molar-refractivity contribution in [3.05, 3.63) is 0 Å². The Morgan fingerprint density at radius 3 is 3.15 bits per heavy atom. The van der Waals surface area contributed by atoms with Gasteiger partial charge in [-0.3, -0.25) is 0 Å². The molecule has 0 saturated carbocycles. The van der Waals surface area contributed by atoms with Crippen molar-refractivity contribution in [1.82, 2.24) is 4.90 Å². The molecule has 2 saturated heterocycles. The zero-order chi connectivity index (χ0) is 9.31. The molecule has 0 spiro atoms. The normalized spacial score (nSPS) is 39.8. The Bertz CT molecular complexity index is 236. The third-order valence-corrected chi connectivity index (χ3v) is 3.39. The first-order valence-electron chi connectivity index (χ1n) is 5.07. The highest BCUT2D eigenvalue weighted by molar-refractivity contribution is 4.98. The summed E-state index contributed by atoms with van der Waals surface area (Å²) in [4.78, 5) is 2.45. The predicted molar refractivity (Wildman–Crippen MR) is 49.0 cm³/mol. The lowest BCUT2D eigenvalue weighted by Gasteiger charge is -2.39. The molecule has 2 fully saturated rings. The van der Waals surface area contributed by atoms with Crippen LogP contribution in [0.1, 0.15) is 32.1 Å². The molecule has 2 unspecified atom stereocenters. The van der Waals surface area contributed by atoms with Crippen LogP contribution in [0.4, 0.5) is 0 Å². The number of nitriles is 1. The molecule has 0 aromatic rings. The Morgan fingerprint density at radius 2 is 2.38 bits per heavy atom. The van der Waals surface area contributed by atoms with Crippen molar-refractivity contribution in [1.29, 1.82) is 5.26 Å². The van der Waals surface area contributed by atoms with Crippen LogP contribution < -0.4 is 0 Å². The first kappa shape index (κ1) is 8.98. The van der Waals surface area contributed by atoms with E-state index in [1.54, 1.807) is 0 Å². The van der Waals surface area contributed by atoms with Crippen LogP contribution in [0, 0.1) is 11.3 Å². The second-order valence-electron chi connectivity index (χ2n) is 4.35. The summed E-state index contributed by atoms with van der Waals surface area (Å²) < 4.78 is 0. The number of nitrogens with zero attached hydrogens (tertiary/aromatic N) is 2. The summed E-state index contributed by atoms with van der Waals surface area (Å²) in [6, 6.07) is 2.64. The van der Waals surface area contributed by atoms with Gasteiger partial charge >= 0.3 is 0 Å². The van der Waals surface area contributed by atoms with E-state index in [1.165, 1.54) is 19.4 Å². The molecule has 2 aliphatic heterocycles. The number of fused-ring (bicyclic) bond motifs is 1. The van der Waals surface area contributed by atoms with Crippen LogP contribution in [0.25, 0.3) is 0 Å². The largest absolute Gasteiger partial charge is 0.389 e. The second kappa shape index (κ2) is 3.28. The highest BCUT2D eigenvalue weighted by atomic mass is 16.3. The van der Waals surface area contributed by atoms with Crippen molar-refractivity contribution < 1.29 is 5.11 Å². The van der Waals surface area contributed by atoms with E-state index < -0.39 is 5.60 Å². The zero-order valence-corrected chi connectivity index (χ0v) is 7.87. The average Bonchev–Trinajstić information content (AvgIpc) is 2.50. The van der Waals surface area contributed by atoms with Crippen LogP contribution in [-0.4, -0.2) is 34.7 Å². The van der Waals surface area contributed by atoms with E-state index >= 15 is 0 Å². The van der Waals surface area contributed by atoms with Crippen molar-refractivity contribution in [2.24, 2.45) is 0 Å². The molecule has 2 rings (SSSR count). The lowest BCUT2D eigenvalue weighted by Crippen LogP contribution is -2.47. The standard InChI is InChI=1S/C10H16N2O/c11-5-3-10(13)4-7-12-6-1-2-9(12)8-10/h9,13H,1-4,6-8H2. The second-order valence-corrected chi connectivity index (χ2v) is 4.35. The van der Waals surface area contributed by atoms with Gasteiger partial charge < -0.3 is 10.0 Å². The maximum absolute atomic E-state index is 10.1. The minimum absolute atomic E-state index is 0.303. The quantitative estimate of drug-likeness (QED) is 0.652. The summed E-state index contributed by atoms with van der Waals surface area (Å²) >= 11 is 0. The number of hydrogen-bond acceptors (Lipinski definition) is 3. The predicted octanol–water partition coefficient (Wildman–Crippen LogP) is 0.889. The fourth-order valence-electron chi connectivity index (χ4n) is 2.62. The summed E-state index contributed by atoms with van der Waals surface area (Å²) in [6.45, 7) is 2.16. The minimum Gasteiger partial charge on any atom is -0.389 e. The van der Waals surface area contributed by atoms with E-state index in [0.29, 0.717) is 12.5 Å². The Hall–Kier alpha value is -0.590. The van der Waals surface area contributed by atoms with Crippen molar-refractivity contribution in [2.45, 2.75) is 43.7 Å². The molecule has 0 amide bonds. The fourth-order valence-corrected chi connectivity index (χ4v) is 2.62. The smallest absolute Gasteiger partial charge is 0.0804 e. The van der Waals surface area contributed by atoms with Crippen LogP contribution in [-0.2, 0) is 0 Å². The van der Waals surface area contributed by atoms with E-state index in [4.69, 9.17) is 5.26 Å². The van der Waals surface area contributed by atoms with E-state index in [1.807, 2.05) is 0 Å². The highest BCUT2D eigenvalue weighted by Gasteiger charge is 2.39. The molecular weight excluding hydrogens is 164 g/mol. The van der Waals surface area contributed by atoms with E-state index in [2.05, 4.69) is 11.0 Å². The van der Waals surface area contributed by atoms with Gasteiger partial charge in [0, 0.05) is 12.6 Å². The molecule has 2 atom stereocenters. The zero-order valence-electron chi connectivity index (χ0n) is 7.87. The summed E-state index contributed by atoms with van der Waals surface area (Å²) in [5.74, 6) is 0. The molecule has 13 heavy (non-hydrogen) atoms. The Morgan fingerprint density at radius 1 is 1.54 bits per heavy atom. The van der Waals surface area contributed by atoms with Crippen molar-refractivity contribution in [3.63, 3.8) is 0 Å². The number of piperidine rings is 1. The van der Waals surface area contributed by atoms with Crippen LogP contribution in [0.5, 0.6) is 0 Å². The van der Waals surface area contributed by atoms with Crippen molar-refractivity contribution in [2.75, 3.05) is 13.1 Å². The molecule has 2 heterocycles. The van der Waals surface area contributed by atoms with Gasteiger partial charge in [0.15, 0.2) is 0 Å². The summed E-state index contributed by atoms with van der Waals surface area (Å²) in [5, 5.41) is 18.7. The number of aliphatic hydroxyl groups is 1. The van der Waals surface area contributed by atoms with Crippen molar-refractivity contribution in [3.8, 4) is 6.07 Å². The fraction of sp³-hybridized carbons (Fsp3) is 0.900. The lowest BCUT2D eigenvalue weighted by molar-refractivity contribution is -0.0321. The van der Waals surface area contributed by atoms with E-state index in [0.717, 1.165) is 19.4 Å². The summed E-state index contributed by atoms with van der Waals surface area (Å²) in [6.07, 6.45) is 4.34. The van der Waals surface area contributed by atoms with Crippen molar-refractivity contribution >= 4 is 0 Å². The van der Waals surface area contributed by atoms with Gasteiger partial charge in [0.1, 0.15) is 0 Å². The van der Waals surface area contributed by atoms with E-state index in [9.17, 15) is 5.11 Å². The molecule has 0 aromatic heterocycles. The lowest BCUT2D eigenvalue weighted by atomic mass is 9.84. The third kappa shape index (κ3) is 1.70. The molecule has 0 aliphatic carbocycles. The van der Waals surface area contributed by atoms with Crippen LogP contribution in [0.3, 0.4) is 0 Å². The Labute approximate surface area is 79.0 Å². The molecule has 0 aromatic carbocycles. The van der Waals surface area contributed by atoms with Gasteiger partial charge in [-0.05, 0) is 32.2 Å². The highest BCUT2D eigenvalue weighted by Crippen LogP contribution is 2.34. The maximum Gasteiger partial charge on any atom is 0.0804 e. The maximum atomic E-state index is 10.1. The number of hydrogen-bond donors (Lipinski definition) is 1.